The molecule has 4 aliphatic carbocycles. The van der Waals surface area contributed by atoms with Crippen LogP contribution in [0.3, 0.4) is 0 Å². The van der Waals surface area contributed by atoms with Crippen molar-refractivity contribution in [1.29, 1.82) is 0 Å². The van der Waals surface area contributed by atoms with E-state index in [1.807, 2.05) is 12.1 Å². The molecule has 5 unspecified atom stereocenters. The number of ether oxygens (including phenoxy) is 2. The number of aromatic amines is 2. The molecule has 4 N–H and O–H groups in total. The van der Waals surface area contributed by atoms with Crippen LogP contribution in [0.5, 0.6) is 5.88 Å². The van der Waals surface area contributed by atoms with Gasteiger partial charge in [0.05, 0.1) is 25.5 Å². The molecule has 1 aromatic carbocycles. The van der Waals surface area contributed by atoms with Crippen LogP contribution in [0.1, 0.15) is 81.8 Å². The fourth-order valence-corrected chi connectivity index (χ4v) is 14.1. The Morgan fingerprint density at radius 1 is 0.908 bits per heavy atom. The Bertz CT molecular complexity index is 2760. The Morgan fingerprint density at radius 2 is 1.71 bits per heavy atom. The van der Waals surface area contributed by atoms with Gasteiger partial charge < -0.3 is 25.0 Å². The van der Waals surface area contributed by atoms with Gasteiger partial charge in [-0.1, -0.05) is 24.6 Å². The standard InChI is InChI=1S/C46H59N11O6S2/c1-56-24-28(25-63-39-23-32(16-19-47-39)36-14-13-29-6-3-9-33(29)40(36)48-42-50-44(54-52-42)64(2,58)59)12-15-38(56)37-26-62-27-46(37)17-20-57(21-18-46)65(60,61)45-51-43(53-55-45)49-41-34-10-4-7-30(34)22-31-8-5-11-35(31)41/h13-14,16,19,22-23,28,30,34,37-38H,3-12,15,17-18,20-21,24-27H2,1-2H3,(H2,48,50,52,54)(H2,49,51,53,55). The average Bonchev–Trinajstić information content (AvgIpc) is 4.15. The van der Waals surface area contributed by atoms with Crippen molar-refractivity contribution in [3.63, 3.8) is 0 Å². The molecule has 3 saturated heterocycles. The quantitative estimate of drug-likeness (QED) is 0.128. The molecule has 0 bridgehead atoms. The van der Waals surface area contributed by atoms with Gasteiger partial charge in [-0.15, -0.1) is 10.2 Å². The molecule has 5 atom stereocenters. The van der Waals surface area contributed by atoms with Gasteiger partial charge in [0.15, 0.2) is 0 Å². The van der Waals surface area contributed by atoms with Crippen LogP contribution in [-0.2, 0) is 37.4 Å². The number of sulfone groups is 1. The maximum atomic E-state index is 14.0. The van der Waals surface area contributed by atoms with Crippen LogP contribution in [0.15, 0.2) is 63.7 Å². The maximum absolute atomic E-state index is 14.0. The summed E-state index contributed by atoms with van der Waals surface area (Å²) >= 11 is 0. The zero-order valence-corrected chi connectivity index (χ0v) is 38.8. The van der Waals surface area contributed by atoms with Crippen LogP contribution in [0.4, 0.5) is 17.6 Å². The van der Waals surface area contributed by atoms with Crippen LogP contribution < -0.4 is 15.4 Å². The molecule has 5 fully saturated rings. The molecule has 0 amide bonds. The molecule has 2 saturated carbocycles. The van der Waals surface area contributed by atoms with E-state index in [0.29, 0.717) is 74.5 Å². The molecule has 7 aliphatic rings. The van der Waals surface area contributed by atoms with Crippen molar-refractivity contribution < 1.29 is 26.3 Å². The number of hydrogen-bond donors (Lipinski definition) is 4. The third-order valence-corrected chi connectivity index (χ3v) is 18.3. The molecule has 17 nitrogen and oxygen atoms in total. The number of H-pyrrole nitrogens is 2. The van der Waals surface area contributed by atoms with E-state index in [2.05, 4.69) is 76.1 Å². The number of hydrogen-bond acceptors (Lipinski definition) is 14. The van der Waals surface area contributed by atoms with E-state index in [-0.39, 0.29) is 21.7 Å². The van der Waals surface area contributed by atoms with Gasteiger partial charge in [0.1, 0.15) is 0 Å². The topological polar surface area (TPSA) is 213 Å². The number of aromatic nitrogens is 7. The summed E-state index contributed by atoms with van der Waals surface area (Å²) in [6.45, 7) is 3.59. The highest BCUT2D eigenvalue weighted by atomic mass is 32.2. The first-order chi connectivity index (χ1) is 31.4. The van der Waals surface area contributed by atoms with Gasteiger partial charge in [0.2, 0.25) is 32.8 Å². The zero-order valence-electron chi connectivity index (χ0n) is 37.2. The van der Waals surface area contributed by atoms with E-state index < -0.39 is 19.9 Å². The number of sulfonamides is 1. The smallest absolute Gasteiger partial charge is 0.278 e. The summed E-state index contributed by atoms with van der Waals surface area (Å²) < 4.78 is 66.4. The van der Waals surface area contributed by atoms with E-state index in [9.17, 15) is 16.8 Å². The number of rotatable bonds is 12. The van der Waals surface area contributed by atoms with Crippen LogP contribution in [-0.4, -0.2) is 120 Å². The average molecular weight is 926 g/mol. The Morgan fingerprint density at radius 3 is 2.52 bits per heavy atom. The van der Waals surface area contributed by atoms with Crippen molar-refractivity contribution in [2.75, 3.05) is 63.4 Å². The number of fused-ring (bicyclic) bond motifs is 3. The van der Waals surface area contributed by atoms with Crippen molar-refractivity contribution in [3.8, 4) is 17.0 Å². The Labute approximate surface area is 380 Å². The largest absolute Gasteiger partial charge is 0.477 e. The van der Waals surface area contributed by atoms with Crippen molar-refractivity contribution in [3.05, 3.63) is 64.5 Å². The van der Waals surface area contributed by atoms with Gasteiger partial charge in [-0.3, -0.25) is 0 Å². The number of allylic oxidation sites excluding steroid dienone is 4. The van der Waals surface area contributed by atoms with Gasteiger partial charge in [-0.2, -0.15) is 14.3 Å². The van der Waals surface area contributed by atoms with Gasteiger partial charge in [-0.05, 0) is 124 Å². The normalized spacial score (nSPS) is 26.9. The number of nitrogens with zero attached hydrogens (tertiary/aromatic N) is 7. The lowest BCUT2D eigenvalue weighted by Crippen LogP contribution is -2.54. The minimum absolute atomic E-state index is 0.0829. The SMILES string of the molecule is CN1CC(COc2cc(-c3ccc4c(c3Nc3n[nH]c(S(C)(=O)=O)n3)CCC4)ccn2)CCC1C1COCC12CCN(S(=O)(=O)c1nc(NC3=C4CCCC4=CC4CCCC34)n[nH]1)CC2. The minimum atomic E-state index is -3.85. The Balaban J connectivity index is 0.708. The third-order valence-electron chi connectivity index (χ3n) is 15.7. The highest BCUT2D eigenvalue weighted by Crippen LogP contribution is 2.50. The summed E-state index contributed by atoms with van der Waals surface area (Å²) in [6, 6.07) is 8.49. The summed E-state index contributed by atoms with van der Waals surface area (Å²) in [7, 11) is -5.19. The lowest BCUT2D eigenvalue weighted by atomic mass is 9.66. The van der Waals surface area contributed by atoms with Gasteiger partial charge >= 0.3 is 0 Å². The van der Waals surface area contributed by atoms with Gasteiger partial charge in [0, 0.05) is 78.6 Å². The molecule has 3 aliphatic heterocycles. The number of pyridine rings is 1. The summed E-state index contributed by atoms with van der Waals surface area (Å²) in [4.78, 5) is 15.8. The first-order valence-corrected chi connectivity index (χ1v) is 26.8. The molecule has 65 heavy (non-hydrogen) atoms. The molecule has 4 aromatic rings. The highest BCUT2D eigenvalue weighted by Gasteiger charge is 2.52. The lowest BCUT2D eigenvalue weighted by molar-refractivity contribution is 0.0156. The first-order valence-electron chi connectivity index (χ1n) is 23.5. The van der Waals surface area contributed by atoms with Crippen molar-refractivity contribution in [2.24, 2.45) is 29.1 Å². The van der Waals surface area contributed by atoms with Crippen LogP contribution in [0, 0.1) is 29.1 Å². The monoisotopic (exact) mass is 925 g/mol. The van der Waals surface area contributed by atoms with Gasteiger partial charge in [-0.25, -0.2) is 32.0 Å². The molecular formula is C46H59N11O6S2. The van der Waals surface area contributed by atoms with E-state index in [1.54, 1.807) is 10.5 Å². The van der Waals surface area contributed by atoms with Crippen molar-refractivity contribution >= 4 is 37.4 Å². The number of aryl methyl sites for hydroxylation is 1. The second kappa shape index (κ2) is 16.9. The predicted octanol–water partition coefficient (Wildman–Crippen LogP) is 6.03. The zero-order chi connectivity index (χ0) is 44.5. The molecule has 0 radical (unpaired) electrons. The highest BCUT2D eigenvalue weighted by molar-refractivity contribution is 7.90. The van der Waals surface area contributed by atoms with E-state index in [1.165, 1.54) is 40.8 Å². The number of anilines is 3. The van der Waals surface area contributed by atoms with Gasteiger partial charge in [0.25, 0.3) is 15.2 Å². The molecule has 346 valence electrons. The fourth-order valence-electron chi connectivity index (χ4n) is 12.4. The second-order valence-electron chi connectivity index (χ2n) is 19.6. The van der Waals surface area contributed by atoms with Crippen molar-refractivity contribution in [2.45, 2.75) is 99.8 Å². The fraction of sp³-hybridized carbons (Fsp3) is 0.587. The van der Waals surface area contributed by atoms with Crippen LogP contribution in [0.25, 0.3) is 11.1 Å². The number of likely N-dealkylation sites (tertiary alicyclic amines) is 1. The van der Waals surface area contributed by atoms with E-state index in [4.69, 9.17) is 9.47 Å². The summed E-state index contributed by atoms with van der Waals surface area (Å²) in [6.07, 6.45) is 18.7. The molecule has 3 aromatic heterocycles. The van der Waals surface area contributed by atoms with Crippen LogP contribution in [0.2, 0.25) is 0 Å². The summed E-state index contributed by atoms with van der Waals surface area (Å²) in [5.74, 6) is 2.69. The Hall–Kier alpha value is -4.69. The summed E-state index contributed by atoms with van der Waals surface area (Å²) in [5.41, 5.74) is 9.14. The van der Waals surface area contributed by atoms with Crippen LogP contribution >= 0.6 is 0 Å². The maximum Gasteiger partial charge on any atom is 0.278 e. The molecule has 6 heterocycles. The number of piperidine rings is 2. The molecule has 11 rings (SSSR count). The first kappa shape index (κ1) is 42.9. The molecule has 1 spiro atoms. The molecule has 19 heteroatoms. The molecular weight excluding hydrogens is 867 g/mol. The Kier molecular flexibility index (Phi) is 11.1. The van der Waals surface area contributed by atoms with E-state index in [0.717, 1.165) is 100 Å². The van der Waals surface area contributed by atoms with Crippen molar-refractivity contribution in [1.82, 2.24) is 44.6 Å². The summed E-state index contributed by atoms with van der Waals surface area (Å²) in [5, 5.41) is 20.4. The predicted molar refractivity (Wildman–Crippen MR) is 244 cm³/mol. The minimum Gasteiger partial charge on any atom is -0.477 e. The number of benzene rings is 1. The lowest BCUT2D eigenvalue weighted by Gasteiger charge is -2.48. The van der Waals surface area contributed by atoms with E-state index >= 15 is 0 Å². The number of nitrogens with one attached hydrogen (secondary N) is 4. The third kappa shape index (κ3) is 8.08. The second-order valence-corrected chi connectivity index (χ2v) is 23.4.